The number of rotatable bonds is 1. The lowest BCUT2D eigenvalue weighted by atomic mass is 10.1. The molecule has 7 heteroatoms. The number of pyridine rings is 1. The molecule has 2 rings (SSSR count). The zero-order valence-corrected chi connectivity index (χ0v) is 11.4. The average molecular weight is 327 g/mol. The number of hydrogen-bond acceptors (Lipinski definition) is 1. The fourth-order valence-electron chi connectivity index (χ4n) is 1.56. The standard InChI is InChI=1S/C12H5Cl3F3N/c13-8-4-3-6(9(14)10(8)15)11-7(12(16,17)18)2-1-5-19-11/h1-5H. The highest BCUT2D eigenvalue weighted by Crippen LogP contribution is 2.41. The van der Waals surface area contributed by atoms with Gasteiger partial charge in [0.05, 0.1) is 26.3 Å². The number of halogens is 6. The van der Waals surface area contributed by atoms with Gasteiger partial charge >= 0.3 is 6.18 Å². The molecule has 0 radical (unpaired) electrons. The lowest BCUT2D eigenvalue weighted by molar-refractivity contribution is -0.137. The van der Waals surface area contributed by atoms with Crippen molar-refractivity contribution >= 4 is 34.8 Å². The van der Waals surface area contributed by atoms with Gasteiger partial charge in [-0.2, -0.15) is 13.2 Å². The molecule has 0 spiro atoms. The van der Waals surface area contributed by atoms with Crippen molar-refractivity contribution in [3.8, 4) is 11.3 Å². The third-order valence-electron chi connectivity index (χ3n) is 2.40. The van der Waals surface area contributed by atoms with Crippen LogP contribution in [0, 0.1) is 0 Å². The highest BCUT2D eigenvalue weighted by Gasteiger charge is 2.34. The molecule has 0 unspecified atom stereocenters. The van der Waals surface area contributed by atoms with Crippen LogP contribution >= 0.6 is 34.8 Å². The summed E-state index contributed by atoms with van der Waals surface area (Å²) in [5, 5.41) is 0.109. The van der Waals surface area contributed by atoms with Gasteiger partial charge in [0.1, 0.15) is 0 Å². The highest BCUT2D eigenvalue weighted by atomic mass is 35.5. The molecule has 0 fully saturated rings. The number of nitrogens with zero attached hydrogens (tertiary/aromatic N) is 1. The fourth-order valence-corrected chi connectivity index (χ4v) is 2.18. The molecule has 2 aromatic rings. The van der Waals surface area contributed by atoms with Gasteiger partial charge in [0.15, 0.2) is 0 Å². The average Bonchev–Trinajstić information content (AvgIpc) is 2.35. The van der Waals surface area contributed by atoms with Crippen molar-refractivity contribution in [1.82, 2.24) is 4.98 Å². The van der Waals surface area contributed by atoms with Crippen LogP contribution in [-0.2, 0) is 6.18 Å². The zero-order chi connectivity index (χ0) is 14.2. The second kappa shape index (κ2) is 5.19. The predicted molar refractivity (Wildman–Crippen MR) is 69.7 cm³/mol. The Morgan fingerprint density at radius 1 is 0.947 bits per heavy atom. The van der Waals surface area contributed by atoms with Gasteiger partial charge < -0.3 is 0 Å². The van der Waals surface area contributed by atoms with Crippen LogP contribution in [0.3, 0.4) is 0 Å². The summed E-state index contributed by atoms with van der Waals surface area (Å²) in [6.45, 7) is 0. The Kier molecular flexibility index (Phi) is 3.95. The van der Waals surface area contributed by atoms with Crippen LogP contribution in [-0.4, -0.2) is 4.98 Å². The molecule has 0 N–H and O–H groups in total. The van der Waals surface area contributed by atoms with E-state index in [1.54, 1.807) is 0 Å². The van der Waals surface area contributed by atoms with Gasteiger partial charge in [-0.25, -0.2) is 0 Å². The number of hydrogen-bond donors (Lipinski definition) is 0. The van der Waals surface area contributed by atoms with Crippen molar-refractivity contribution in [2.24, 2.45) is 0 Å². The van der Waals surface area contributed by atoms with Crippen LogP contribution in [0.2, 0.25) is 15.1 Å². The molecule has 19 heavy (non-hydrogen) atoms. The number of alkyl halides is 3. The first-order valence-electron chi connectivity index (χ1n) is 4.98. The quantitative estimate of drug-likeness (QED) is 0.610. The van der Waals surface area contributed by atoms with Crippen LogP contribution in [0.25, 0.3) is 11.3 Å². The van der Waals surface area contributed by atoms with Crippen molar-refractivity contribution in [2.45, 2.75) is 6.18 Å². The Labute approximate surface area is 121 Å². The Hall–Kier alpha value is -0.970. The third-order valence-corrected chi connectivity index (χ3v) is 3.70. The largest absolute Gasteiger partial charge is 0.418 e. The maximum atomic E-state index is 12.9. The SMILES string of the molecule is FC(F)(F)c1cccnc1-c1ccc(Cl)c(Cl)c1Cl. The molecule has 0 aliphatic heterocycles. The molecule has 0 saturated carbocycles. The van der Waals surface area contributed by atoms with Gasteiger partial charge in [0.25, 0.3) is 0 Å². The van der Waals surface area contributed by atoms with Crippen LogP contribution in [0.4, 0.5) is 13.2 Å². The van der Waals surface area contributed by atoms with E-state index in [0.29, 0.717) is 0 Å². The topological polar surface area (TPSA) is 12.9 Å². The first-order valence-corrected chi connectivity index (χ1v) is 6.12. The van der Waals surface area contributed by atoms with E-state index in [1.165, 1.54) is 24.4 Å². The molecule has 1 nitrogen and oxygen atoms in total. The molecule has 0 amide bonds. The van der Waals surface area contributed by atoms with Crippen molar-refractivity contribution in [1.29, 1.82) is 0 Å². The van der Waals surface area contributed by atoms with Gasteiger partial charge in [-0.15, -0.1) is 0 Å². The van der Waals surface area contributed by atoms with Gasteiger partial charge in [-0.05, 0) is 24.3 Å². The highest BCUT2D eigenvalue weighted by molar-refractivity contribution is 6.49. The Bertz CT molecular complexity index is 626. The molecule has 0 bridgehead atoms. The molecule has 100 valence electrons. The second-order valence-corrected chi connectivity index (χ2v) is 4.78. The van der Waals surface area contributed by atoms with Gasteiger partial charge in [0.2, 0.25) is 0 Å². The summed E-state index contributed by atoms with van der Waals surface area (Å²) < 4.78 is 38.7. The van der Waals surface area contributed by atoms with Crippen molar-refractivity contribution in [3.63, 3.8) is 0 Å². The van der Waals surface area contributed by atoms with E-state index in [9.17, 15) is 13.2 Å². The van der Waals surface area contributed by atoms with Crippen molar-refractivity contribution < 1.29 is 13.2 Å². The summed E-state index contributed by atoms with van der Waals surface area (Å²) in [7, 11) is 0. The fraction of sp³-hybridized carbons (Fsp3) is 0.0833. The van der Waals surface area contributed by atoms with E-state index >= 15 is 0 Å². The van der Waals surface area contributed by atoms with E-state index in [2.05, 4.69) is 4.98 Å². The minimum absolute atomic E-state index is 0.000360. The Morgan fingerprint density at radius 3 is 2.26 bits per heavy atom. The molecule has 1 aromatic heterocycles. The Morgan fingerprint density at radius 2 is 1.63 bits per heavy atom. The second-order valence-electron chi connectivity index (χ2n) is 3.62. The lowest BCUT2D eigenvalue weighted by Gasteiger charge is -2.13. The van der Waals surface area contributed by atoms with E-state index in [1.807, 2.05) is 0 Å². The van der Waals surface area contributed by atoms with Crippen LogP contribution < -0.4 is 0 Å². The summed E-state index contributed by atoms with van der Waals surface area (Å²) >= 11 is 17.5. The maximum absolute atomic E-state index is 12.9. The minimum atomic E-state index is -4.53. The van der Waals surface area contributed by atoms with Gasteiger partial charge in [0, 0.05) is 11.8 Å². The normalized spacial score (nSPS) is 11.7. The monoisotopic (exact) mass is 325 g/mol. The van der Waals surface area contributed by atoms with Crippen LogP contribution in [0.15, 0.2) is 30.5 Å². The van der Waals surface area contributed by atoms with E-state index < -0.39 is 11.7 Å². The minimum Gasteiger partial charge on any atom is -0.256 e. The maximum Gasteiger partial charge on any atom is 0.418 e. The van der Waals surface area contributed by atoms with Gasteiger partial charge in [-0.3, -0.25) is 4.98 Å². The van der Waals surface area contributed by atoms with E-state index in [0.717, 1.165) is 6.07 Å². The summed E-state index contributed by atoms with van der Waals surface area (Å²) in [6.07, 6.45) is -3.28. The van der Waals surface area contributed by atoms with E-state index in [-0.39, 0.29) is 26.3 Å². The molecular weight excluding hydrogens is 321 g/mol. The zero-order valence-electron chi connectivity index (χ0n) is 9.10. The van der Waals surface area contributed by atoms with Crippen LogP contribution in [0.5, 0.6) is 0 Å². The summed E-state index contributed by atoms with van der Waals surface area (Å²) in [5.74, 6) is 0. The summed E-state index contributed by atoms with van der Waals surface area (Å²) in [4.78, 5) is 3.74. The first kappa shape index (κ1) is 14.4. The molecule has 0 aliphatic rings. The van der Waals surface area contributed by atoms with Crippen molar-refractivity contribution in [2.75, 3.05) is 0 Å². The Balaban J connectivity index is 2.70. The third kappa shape index (κ3) is 2.81. The number of aromatic nitrogens is 1. The smallest absolute Gasteiger partial charge is 0.256 e. The predicted octanol–water partition coefficient (Wildman–Crippen LogP) is 5.73. The van der Waals surface area contributed by atoms with Gasteiger partial charge in [-0.1, -0.05) is 34.8 Å². The molecule has 0 saturated heterocycles. The van der Waals surface area contributed by atoms with E-state index in [4.69, 9.17) is 34.8 Å². The first-order chi connectivity index (χ1) is 8.82. The molecule has 1 heterocycles. The lowest BCUT2D eigenvalue weighted by Crippen LogP contribution is -2.08. The van der Waals surface area contributed by atoms with Crippen LogP contribution in [0.1, 0.15) is 5.56 Å². The number of benzene rings is 1. The molecular formula is C12H5Cl3F3N. The summed E-state index contributed by atoms with van der Waals surface area (Å²) in [6, 6.07) is 4.87. The molecule has 0 atom stereocenters. The van der Waals surface area contributed by atoms with Crippen molar-refractivity contribution in [3.05, 3.63) is 51.1 Å². The molecule has 0 aliphatic carbocycles. The molecule has 1 aromatic carbocycles. The summed E-state index contributed by atoms with van der Waals surface area (Å²) in [5.41, 5.74) is -1.07.